The Kier molecular flexibility index (Phi) is 22.2. The maximum atomic E-state index is 10.8. The molecule has 0 aromatic heterocycles. The fourth-order valence-corrected chi connectivity index (χ4v) is 2.42. The normalized spacial score (nSPS) is 10.9. The SMILES string of the molecule is C=CC(=O)OCCOCCOCCOCCOCCOCCOCCOCCOc1ccccc1. The number of carbonyl (C=O) groups is 1. The Balaban J connectivity index is 1.65. The lowest BCUT2D eigenvalue weighted by Gasteiger charge is -2.09. The van der Waals surface area contributed by atoms with Crippen LogP contribution in [0.5, 0.6) is 5.75 Å². The fraction of sp³-hybridized carbons (Fsp3) is 0.640. The van der Waals surface area contributed by atoms with Crippen molar-refractivity contribution < 1.29 is 47.4 Å². The van der Waals surface area contributed by atoms with Crippen LogP contribution in [0.3, 0.4) is 0 Å². The second-order valence-corrected chi connectivity index (χ2v) is 6.82. The third kappa shape index (κ3) is 22.2. The summed E-state index contributed by atoms with van der Waals surface area (Å²) in [6, 6.07) is 9.65. The molecule has 0 aliphatic carbocycles. The molecule has 0 radical (unpaired) electrons. The minimum atomic E-state index is -0.456. The molecule has 0 atom stereocenters. The van der Waals surface area contributed by atoms with Crippen molar-refractivity contribution in [3.8, 4) is 5.75 Å². The zero-order valence-corrected chi connectivity index (χ0v) is 20.6. The summed E-state index contributed by atoms with van der Waals surface area (Å²) in [6.07, 6.45) is 1.12. The molecule has 35 heavy (non-hydrogen) atoms. The van der Waals surface area contributed by atoms with Crippen LogP contribution in [0.2, 0.25) is 0 Å². The van der Waals surface area contributed by atoms with Crippen LogP contribution in [0.4, 0.5) is 0 Å². The van der Waals surface area contributed by atoms with Crippen molar-refractivity contribution in [2.75, 3.05) is 106 Å². The summed E-state index contributed by atoms with van der Waals surface area (Å²) >= 11 is 0. The predicted molar refractivity (Wildman–Crippen MR) is 129 cm³/mol. The fourth-order valence-electron chi connectivity index (χ4n) is 2.42. The third-order valence-electron chi connectivity index (χ3n) is 4.11. The summed E-state index contributed by atoms with van der Waals surface area (Å²) in [4.78, 5) is 10.8. The highest BCUT2D eigenvalue weighted by Crippen LogP contribution is 2.07. The van der Waals surface area contributed by atoms with E-state index in [-0.39, 0.29) is 6.61 Å². The van der Waals surface area contributed by atoms with E-state index >= 15 is 0 Å². The van der Waals surface area contributed by atoms with Crippen molar-refractivity contribution in [2.24, 2.45) is 0 Å². The summed E-state index contributed by atoms with van der Waals surface area (Å²) < 4.78 is 48.1. The maximum Gasteiger partial charge on any atom is 0.330 e. The number of hydrogen-bond acceptors (Lipinski definition) is 10. The first kappa shape index (κ1) is 31.0. The Morgan fingerprint density at radius 1 is 0.543 bits per heavy atom. The Morgan fingerprint density at radius 2 is 0.886 bits per heavy atom. The number of hydrogen-bond donors (Lipinski definition) is 0. The van der Waals surface area contributed by atoms with Gasteiger partial charge in [-0.05, 0) is 12.1 Å². The molecule has 0 saturated heterocycles. The van der Waals surface area contributed by atoms with Gasteiger partial charge in [0.2, 0.25) is 0 Å². The minimum absolute atomic E-state index is 0.203. The first-order valence-corrected chi connectivity index (χ1v) is 11.8. The van der Waals surface area contributed by atoms with Crippen LogP contribution < -0.4 is 4.74 Å². The number of carbonyl (C=O) groups excluding carboxylic acids is 1. The van der Waals surface area contributed by atoms with Gasteiger partial charge in [-0.15, -0.1) is 0 Å². The molecule has 0 spiro atoms. The molecule has 1 aromatic rings. The van der Waals surface area contributed by atoms with Crippen molar-refractivity contribution >= 4 is 5.97 Å². The van der Waals surface area contributed by atoms with Gasteiger partial charge >= 0.3 is 5.97 Å². The van der Waals surface area contributed by atoms with Gasteiger partial charge in [0.25, 0.3) is 0 Å². The minimum Gasteiger partial charge on any atom is -0.491 e. The van der Waals surface area contributed by atoms with Gasteiger partial charge < -0.3 is 42.6 Å². The van der Waals surface area contributed by atoms with E-state index < -0.39 is 5.97 Å². The van der Waals surface area contributed by atoms with Crippen LogP contribution in [0.15, 0.2) is 43.0 Å². The second kappa shape index (κ2) is 25.1. The number of rotatable bonds is 26. The molecule has 0 amide bonds. The highest BCUT2D eigenvalue weighted by Gasteiger charge is 1.97. The number of esters is 1. The smallest absolute Gasteiger partial charge is 0.330 e. The lowest BCUT2D eigenvalue weighted by molar-refractivity contribution is -0.139. The molecule has 0 heterocycles. The Bertz CT molecular complexity index is 599. The second-order valence-electron chi connectivity index (χ2n) is 6.82. The molecule has 0 bridgehead atoms. The Morgan fingerprint density at radius 3 is 1.26 bits per heavy atom. The van der Waals surface area contributed by atoms with E-state index in [1.807, 2.05) is 30.3 Å². The first-order valence-electron chi connectivity index (χ1n) is 11.8. The van der Waals surface area contributed by atoms with Crippen molar-refractivity contribution in [3.05, 3.63) is 43.0 Å². The number of ether oxygens (including phenoxy) is 9. The van der Waals surface area contributed by atoms with Crippen molar-refractivity contribution in [1.82, 2.24) is 0 Å². The topological polar surface area (TPSA) is 100 Å². The van der Waals surface area contributed by atoms with E-state index in [1.54, 1.807) is 0 Å². The molecule has 1 aromatic carbocycles. The largest absolute Gasteiger partial charge is 0.491 e. The molecule has 10 nitrogen and oxygen atoms in total. The van der Waals surface area contributed by atoms with E-state index in [2.05, 4.69) is 6.58 Å². The number of para-hydroxylation sites is 1. The molecule has 0 fully saturated rings. The average Bonchev–Trinajstić information content (AvgIpc) is 2.89. The van der Waals surface area contributed by atoms with Crippen molar-refractivity contribution in [2.45, 2.75) is 0 Å². The quantitative estimate of drug-likeness (QED) is 0.107. The molecule has 0 aliphatic heterocycles. The molecule has 200 valence electrons. The lowest BCUT2D eigenvalue weighted by atomic mass is 10.3. The van der Waals surface area contributed by atoms with Crippen LogP contribution >= 0.6 is 0 Å². The summed E-state index contributed by atoms with van der Waals surface area (Å²) in [5.74, 6) is 0.385. The summed E-state index contributed by atoms with van der Waals surface area (Å²) in [6.45, 7) is 10.8. The molecule has 0 aliphatic rings. The van der Waals surface area contributed by atoms with Gasteiger partial charge in [-0.2, -0.15) is 0 Å². The maximum absolute atomic E-state index is 10.8. The van der Waals surface area contributed by atoms with Crippen LogP contribution in [-0.2, 0) is 42.7 Å². The van der Waals surface area contributed by atoms with Crippen molar-refractivity contribution in [1.29, 1.82) is 0 Å². The molecular formula is C25H40O10. The lowest BCUT2D eigenvalue weighted by Crippen LogP contribution is -2.15. The Labute approximate surface area is 208 Å². The Hall–Kier alpha value is -2.05. The zero-order chi connectivity index (χ0) is 25.1. The van der Waals surface area contributed by atoms with E-state index in [0.717, 1.165) is 11.8 Å². The van der Waals surface area contributed by atoms with Gasteiger partial charge in [0.05, 0.1) is 92.5 Å². The van der Waals surface area contributed by atoms with Crippen LogP contribution in [0.25, 0.3) is 0 Å². The van der Waals surface area contributed by atoms with Gasteiger partial charge in [0.1, 0.15) is 19.0 Å². The third-order valence-corrected chi connectivity index (χ3v) is 4.11. The van der Waals surface area contributed by atoms with Gasteiger partial charge in [-0.25, -0.2) is 4.79 Å². The van der Waals surface area contributed by atoms with E-state index in [9.17, 15) is 4.79 Å². The van der Waals surface area contributed by atoms with E-state index in [0.29, 0.717) is 99.1 Å². The van der Waals surface area contributed by atoms with Gasteiger partial charge in [-0.1, -0.05) is 24.8 Å². The standard InChI is InChI=1S/C25H40O10/c1-2-25(26)35-23-21-33-19-17-31-15-13-29-11-9-27-8-10-28-12-14-30-16-18-32-20-22-34-24-6-4-3-5-7-24/h2-7H,1,8-23H2. The van der Waals surface area contributed by atoms with Gasteiger partial charge in [0, 0.05) is 6.08 Å². The van der Waals surface area contributed by atoms with E-state index in [1.165, 1.54) is 0 Å². The predicted octanol–water partition coefficient (Wildman–Crippen LogP) is 1.91. The average molecular weight is 501 g/mol. The zero-order valence-electron chi connectivity index (χ0n) is 20.6. The molecule has 0 unspecified atom stereocenters. The highest BCUT2D eigenvalue weighted by molar-refractivity contribution is 5.81. The monoisotopic (exact) mass is 500 g/mol. The summed E-state index contributed by atoms with van der Waals surface area (Å²) in [7, 11) is 0. The number of benzene rings is 1. The molecule has 0 saturated carbocycles. The molecule has 10 heteroatoms. The molecular weight excluding hydrogens is 460 g/mol. The first-order chi connectivity index (χ1) is 17.3. The van der Waals surface area contributed by atoms with E-state index in [4.69, 9.17) is 42.6 Å². The van der Waals surface area contributed by atoms with Crippen molar-refractivity contribution in [3.63, 3.8) is 0 Å². The van der Waals surface area contributed by atoms with Gasteiger partial charge in [0.15, 0.2) is 0 Å². The summed E-state index contributed by atoms with van der Waals surface area (Å²) in [5.41, 5.74) is 0. The highest BCUT2D eigenvalue weighted by atomic mass is 16.6. The molecule has 1 rings (SSSR count). The van der Waals surface area contributed by atoms with Crippen LogP contribution in [0.1, 0.15) is 0 Å². The van der Waals surface area contributed by atoms with Crippen LogP contribution in [0, 0.1) is 0 Å². The summed E-state index contributed by atoms with van der Waals surface area (Å²) in [5, 5.41) is 0. The molecule has 0 N–H and O–H groups in total. The van der Waals surface area contributed by atoms with Crippen LogP contribution in [-0.4, -0.2) is 112 Å². The van der Waals surface area contributed by atoms with Gasteiger partial charge in [-0.3, -0.25) is 0 Å².